The van der Waals surface area contributed by atoms with E-state index in [-0.39, 0.29) is 23.1 Å². The van der Waals surface area contributed by atoms with E-state index in [9.17, 15) is 12.8 Å². The van der Waals surface area contributed by atoms with Crippen molar-refractivity contribution < 1.29 is 22.3 Å². The molecule has 0 saturated carbocycles. The highest BCUT2D eigenvalue weighted by molar-refractivity contribution is 7.92. The number of nitrogens with two attached hydrogens (primary N) is 1. The van der Waals surface area contributed by atoms with Crippen LogP contribution in [0.25, 0.3) is 0 Å². The monoisotopic (exact) mass is 310 g/mol. The van der Waals surface area contributed by atoms with Gasteiger partial charge >= 0.3 is 0 Å². The van der Waals surface area contributed by atoms with E-state index in [1.807, 2.05) is 0 Å². The summed E-state index contributed by atoms with van der Waals surface area (Å²) >= 11 is 0. The maximum atomic E-state index is 13.3. The molecule has 0 amide bonds. The zero-order chi connectivity index (χ0) is 15.0. The number of fused-ring (bicyclic) bond motifs is 1. The molecule has 0 aromatic heterocycles. The predicted molar refractivity (Wildman–Crippen MR) is 74.2 cm³/mol. The summed E-state index contributed by atoms with van der Waals surface area (Å²) in [6, 6.07) is 7.71. The number of benzene rings is 2. The van der Waals surface area contributed by atoms with Gasteiger partial charge in [0.2, 0.25) is 6.79 Å². The van der Waals surface area contributed by atoms with Crippen molar-refractivity contribution in [2.75, 3.05) is 17.2 Å². The molecule has 1 aliphatic heterocycles. The molecule has 0 spiro atoms. The Morgan fingerprint density at radius 2 is 1.86 bits per heavy atom. The van der Waals surface area contributed by atoms with Crippen molar-refractivity contribution in [1.29, 1.82) is 0 Å². The van der Waals surface area contributed by atoms with Gasteiger partial charge in [0, 0.05) is 11.8 Å². The van der Waals surface area contributed by atoms with Gasteiger partial charge in [0.25, 0.3) is 10.0 Å². The van der Waals surface area contributed by atoms with E-state index in [2.05, 4.69) is 4.72 Å². The molecule has 0 saturated heterocycles. The van der Waals surface area contributed by atoms with Crippen molar-refractivity contribution in [2.45, 2.75) is 4.90 Å². The molecule has 110 valence electrons. The maximum Gasteiger partial charge on any atom is 0.262 e. The molecule has 2 aromatic rings. The molecule has 3 N–H and O–H groups in total. The molecule has 0 atom stereocenters. The molecule has 0 fully saturated rings. The fourth-order valence-electron chi connectivity index (χ4n) is 1.91. The molecule has 0 radical (unpaired) electrons. The number of ether oxygens (including phenoxy) is 2. The van der Waals surface area contributed by atoms with Crippen molar-refractivity contribution in [2.24, 2.45) is 0 Å². The van der Waals surface area contributed by atoms with Crippen molar-refractivity contribution >= 4 is 21.4 Å². The second kappa shape index (κ2) is 4.81. The van der Waals surface area contributed by atoms with E-state index in [0.29, 0.717) is 11.5 Å². The minimum absolute atomic E-state index is 0.0288. The van der Waals surface area contributed by atoms with Crippen LogP contribution in [0.5, 0.6) is 11.5 Å². The summed E-state index contributed by atoms with van der Waals surface area (Å²) in [6.07, 6.45) is 0. The van der Waals surface area contributed by atoms with Crippen molar-refractivity contribution in [3.8, 4) is 11.5 Å². The van der Waals surface area contributed by atoms with E-state index in [1.165, 1.54) is 18.2 Å². The number of hydrogen-bond donors (Lipinski definition) is 2. The second-order valence-corrected chi connectivity index (χ2v) is 6.08. The van der Waals surface area contributed by atoms with Crippen LogP contribution in [0.1, 0.15) is 0 Å². The lowest BCUT2D eigenvalue weighted by molar-refractivity contribution is 0.174. The van der Waals surface area contributed by atoms with Crippen LogP contribution in [0.15, 0.2) is 41.3 Å². The van der Waals surface area contributed by atoms with Gasteiger partial charge in [-0.1, -0.05) is 0 Å². The summed E-state index contributed by atoms with van der Waals surface area (Å²) < 4.78 is 50.3. The van der Waals surface area contributed by atoms with Gasteiger partial charge in [-0.15, -0.1) is 0 Å². The Kier molecular flexibility index (Phi) is 3.09. The third-order valence-electron chi connectivity index (χ3n) is 2.83. The van der Waals surface area contributed by atoms with Crippen LogP contribution < -0.4 is 19.9 Å². The van der Waals surface area contributed by atoms with Gasteiger partial charge in [-0.2, -0.15) is 0 Å². The predicted octanol–water partition coefficient (Wildman–Crippen LogP) is 1.94. The average Bonchev–Trinajstić information content (AvgIpc) is 2.84. The van der Waals surface area contributed by atoms with Crippen LogP contribution in [-0.4, -0.2) is 15.2 Å². The molecular formula is C13H11FN2O4S. The highest BCUT2D eigenvalue weighted by Gasteiger charge is 2.19. The van der Waals surface area contributed by atoms with E-state index in [4.69, 9.17) is 15.2 Å². The SMILES string of the molecule is Nc1cc(F)cc(S(=O)(=O)Nc2ccc3c(c2)OCO3)c1. The fraction of sp³-hybridized carbons (Fsp3) is 0.0769. The number of sulfonamides is 1. The van der Waals surface area contributed by atoms with Crippen LogP contribution in [0.4, 0.5) is 15.8 Å². The van der Waals surface area contributed by atoms with Gasteiger partial charge in [0.15, 0.2) is 11.5 Å². The lowest BCUT2D eigenvalue weighted by Crippen LogP contribution is -2.13. The van der Waals surface area contributed by atoms with E-state index in [1.54, 1.807) is 6.07 Å². The third-order valence-corrected chi connectivity index (χ3v) is 4.19. The number of nitrogen functional groups attached to an aromatic ring is 1. The van der Waals surface area contributed by atoms with Crippen LogP contribution in [-0.2, 0) is 10.0 Å². The van der Waals surface area contributed by atoms with Gasteiger partial charge in [-0.3, -0.25) is 4.72 Å². The van der Waals surface area contributed by atoms with Crippen LogP contribution in [0.2, 0.25) is 0 Å². The first-order chi connectivity index (χ1) is 9.94. The number of anilines is 2. The first-order valence-electron chi connectivity index (χ1n) is 5.92. The van der Waals surface area contributed by atoms with E-state index >= 15 is 0 Å². The summed E-state index contributed by atoms with van der Waals surface area (Å²) in [6.45, 7) is 0.0893. The number of nitrogens with one attached hydrogen (secondary N) is 1. The van der Waals surface area contributed by atoms with Gasteiger partial charge < -0.3 is 15.2 Å². The standard InChI is InChI=1S/C13H11FN2O4S/c14-8-3-9(15)5-11(4-8)21(17,18)16-10-1-2-12-13(6-10)20-7-19-12/h1-6,16H,7,15H2. The lowest BCUT2D eigenvalue weighted by atomic mass is 10.3. The summed E-state index contributed by atoms with van der Waals surface area (Å²) in [5, 5.41) is 0. The van der Waals surface area contributed by atoms with Gasteiger partial charge in [0.05, 0.1) is 10.6 Å². The molecule has 8 heteroatoms. The molecule has 1 aliphatic rings. The summed E-state index contributed by atoms with van der Waals surface area (Å²) in [5.74, 6) is 0.253. The maximum absolute atomic E-state index is 13.3. The Labute approximate surface area is 120 Å². The largest absolute Gasteiger partial charge is 0.454 e. The van der Waals surface area contributed by atoms with Crippen molar-refractivity contribution in [3.63, 3.8) is 0 Å². The normalized spacial score (nSPS) is 13.2. The van der Waals surface area contributed by atoms with Crippen molar-refractivity contribution in [3.05, 3.63) is 42.2 Å². The Hall–Kier alpha value is -2.48. The Morgan fingerprint density at radius 3 is 2.62 bits per heavy atom. The summed E-state index contributed by atoms with van der Waals surface area (Å²) in [5.41, 5.74) is 5.76. The zero-order valence-electron chi connectivity index (χ0n) is 10.7. The first-order valence-corrected chi connectivity index (χ1v) is 7.41. The molecule has 0 bridgehead atoms. The van der Waals surface area contributed by atoms with Gasteiger partial charge in [0.1, 0.15) is 5.82 Å². The lowest BCUT2D eigenvalue weighted by Gasteiger charge is -2.09. The van der Waals surface area contributed by atoms with Gasteiger partial charge in [-0.25, -0.2) is 12.8 Å². The Morgan fingerprint density at radius 1 is 1.10 bits per heavy atom. The number of rotatable bonds is 3. The Balaban J connectivity index is 1.92. The number of hydrogen-bond acceptors (Lipinski definition) is 5. The molecule has 6 nitrogen and oxygen atoms in total. The average molecular weight is 310 g/mol. The van der Waals surface area contributed by atoms with Crippen molar-refractivity contribution in [1.82, 2.24) is 0 Å². The first kappa shape index (κ1) is 13.5. The highest BCUT2D eigenvalue weighted by Crippen LogP contribution is 2.34. The molecule has 2 aromatic carbocycles. The van der Waals surface area contributed by atoms with Crippen LogP contribution in [0, 0.1) is 5.82 Å². The minimum Gasteiger partial charge on any atom is -0.454 e. The molecule has 0 unspecified atom stereocenters. The fourth-order valence-corrected chi connectivity index (χ4v) is 3.03. The zero-order valence-corrected chi connectivity index (χ0v) is 11.5. The minimum atomic E-state index is -3.94. The van der Waals surface area contributed by atoms with Gasteiger partial charge in [-0.05, 0) is 30.3 Å². The second-order valence-electron chi connectivity index (χ2n) is 4.39. The van der Waals surface area contributed by atoms with Crippen LogP contribution in [0.3, 0.4) is 0 Å². The topological polar surface area (TPSA) is 90.7 Å². The third kappa shape index (κ3) is 2.70. The molecule has 0 aliphatic carbocycles. The highest BCUT2D eigenvalue weighted by atomic mass is 32.2. The van der Waals surface area contributed by atoms with Crippen LogP contribution >= 0.6 is 0 Å². The quantitative estimate of drug-likeness (QED) is 0.845. The molecule has 1 heterocycles. The summed E-state index contributed by atoms with van der Waals surface area (Å²) in [4.78, 5) is -0.252. The summed E-state index contributed by atoms with van der Waals surface area (Å²) in [7, 11) is -3.94. The number of halogens is 1. The van der Waals surface area contributed by atoms with E-state index in [0.717, 1.165) is 12.1 Å². The smallest absolute Gasteiger partial charge is 0.262 e. The molecule has 3 rings (SSSR count). The Bertz CT molecular complexity index is 788. The van der Waals surface area contributed by atoms with E-state index < -0.39 is 15.8 Å². The molecule has 21 heavy (non-hydrogen) atoms. The molecular weight excluding hydrogens is 299 g/mol.